The van der Waals surface area contributed by atoms with Gasteiger partial charge in [-0.3, -0.25) is 9.59 Å². The predicted molar refractivity (Wildman–Crippen MR) is 101 cm³/mol. The molecule has 1 aliphatic rings. The number of ether oxygens (including phenoxy) is 1. The Labute approximate surface area is 159 Å². The summed E-state index contributed by atoms with van der Waals surface area (Å²) in [4.78, 5) is 31.0. The molecule has 144 valence electrons. The quantitative estimate of drug-likeness (QED) is 0.755. The highest BCUT2D eigenvalue weighted by molar-refractivity contribution is 5.80. The Morgan fingerprint density at radius 1 is 1.33 bits per heavy atom. The van der Waals surface area contributed by atoms with Crippen LogP contribution in [0.1, 0.15) is 36.8 Å². The van der Waals surface area contributed by atoms with E-state index < -0.39 is 0 Å². The Kier molecular flexibility index (Phi) is 5.94. The number of carbonyl (C=O) groups is 2. The first-order valence-corrected chi connectivity index (χ1v) is 9.45. The predicted octanol–water partition coefficient (Wildman–Crippen LogP) is 3.30. The number of piperidine rings is 1. The zero-order chi connectivity index (χ0) is 19.4. The van der Waals surface area contributed by atoms with Crippen LogP contribution in [0.3, 0.4) is 0 Å². The fourth-order valence-electron chi connectivity index (χ4n) is 3.40. The van der Waals surface area contributed by atoms with Gasteiger partial charge in [-0.15, -0.1) is 0 Å². The summed E-state index contributed by atoms with van der Waals surface area (Å²) in [6.45, 7) is 7.08. The van der Waals surface area contributed by atoms with Crippen LogP contribution in [-0.2, 0) is 20.7 Å². The van der Waals surface area contributed by atoms with Gasteiger partial charge in [0.1, 0.15) is 5.76 Å². The molecular formula is C21H26N2O4. The van der Waals surface area contributed by atoms with Gasteiger partial charge in [0, 0.05) is 18.7 Å². The summed E-state index contributed by atoms with van der Waals surface area (Å²) < 4.78 is 10.9. The SMILES string of the molecule is CCOC(=O)C1CCCN(C(=O)Cc2nc(-c3cccc(C)c3)oc2C)C1. The van der Waals surface area contributed by atoms with Gasteiger partial charge in [-0.2, -0.15) is 0 Å². The molecule has 1 aromatic carbocycles. The van der Waals surface area contributed by atoms with E-state index in [0.29, 0.717) is 37.0 Å². The van der Waals surface area contributed by atoms with E-state index in [1.165, 1.54) is 0 Å². The van der Waals surface area contributed by atoms with Crippen molar-refractivity contribution in [2.24, 2.45) is 5.92 Å². The minimum absolute atomic E-state index is 0.0313. The van der Waals surface area contributed by atoms with E-state index in [-0.39, 0.29) is 24.2 Å². The first kappa shape index (κ1) is 19.1. The van der Waals surface area contributed by atoms with Gasteiger partial charge in [0.2, 0.25) is 11.8 Å². The van der Waals surface area contributed by atoms with Crippen LogP contribution in [0.5, 0.6) is 0 Å². The second kappa shape index (κ2) is 8.37. The molecule has 1 aromatic heterocycles. The molecule has 1 atom stereocenters. The molecule has 0 aliphatic carbocycles. The highest BCUT2D eigenvalue weighted by atomic mass is 16.5. The number of hydrogen-bond donors (Lipinski definition) is 0. The van der Waals surface area contributed by atoms with Crippen molar-refractivity contribution < 1.29 is 18.7 Å². The lowest BCUT2D eigenvalue weighted by atomic mass is 9.98. The molecule has 0 bridgehead atoms. The van der Waals surface area contributed by atoms with E-state index in [1.54, 1.807) is 11.8 Å². The largest absolute Gasteiger partial charge is 0.466 e. The van der Waals surface area contributed by atoms with Gasteiger partial charge in [-0.05, 0) is 45.7 Å². The lowest BCUT2D eigenvalue weighted by molar-refractivity contribution is -0.151. The van der Waals surface area contributed by atoms with Crippen molar-refractivity contribution in [3.05, 3.63) is 41.3 Å². The number of carbonyl (C=O) groups excluding carboxylic acids is 2. The van der Waals surface area contributed by atoms with Crippen LogP contribution in [0.25, 0.3) is 11.5 Å². The van der Waals surface area contributed by atoms with Crippen LogP contribution in [0, 0.1) is 19.8 Å². The summed E-state index contributed by atoms with van der Waals surface area (Å²) >= 11 is 0. The normalized spacial score (nSPS) is 17.0. The fourth-order valence-corrected chi connectivity index (χ4v) is 3.40. The summed E-state index contributed by atoms with van der Waals surface area (Å²) in [5.41, 5.74) is 2.67. The average molecular weight is 370 g/mol. The molecule has 1 aliphatic heterocycles. The van der Waals surface area contributed by atoms with E-state index in [0.717, 1.165) is 24.0 Å². The topological polar surface area (TPSA) is 72.6 Å². The number of rotatable bonds is 5. The van der Waals surface area contributed by atoms with Crippen molar-refractivity contribution in [2.75, 3.05) is 19.7 Å². The van der Waals surface area contributed by atoms with Crippen LogP contribution in [0.15, 0.2) is 28.7 Å². The first-order valence-electron chi connectivity index (χ1n) is 9.45. The molecule has 2 aromatic rings. The van der Waals surface area contributed by atoms with E-state index in [2.05, 4.69) is 4.98 Å². The van der Waals surface area contributed by atoms with Gasteiger partial charge in [0.25, 0.3) is 0 Å². The molecule has 1 fully saturated rings. The highest BCUT2D eigenvalue weighted by Gasteiger charge is 2.30. The number of hydrogen-bond acceptors (Lipinski definition) is 5. The number of aryl methyl sites for hydroxylation is 2. The Bertz CT molecular complexity index is 827. The van der Waals surface area contributed by atoms with E-state index >= 15 is 0 Å². The van der Waals surface area contributed by atoms with Gasteiger partial charge < -0.3 is 14.1 Å². The Balaban J connectivity index is 1.68. The third-order valence-corrected chi connectivity index (χ3v) is 4.87. The molecule has 27 heavy (non-hydrogen) atoms. The highest BCUT2D eigenvalue weighted by Crippen LogP contribution is 2.24. The maximum absolute atomic E-state index is 12.7. The number of oxazole rings is 1. The number of aromatic nitrogens is 1. The maximum Gasteiger partial charge on any atom is 0.310 e. The molecule has 3 rings (SSSR count). The summed E-state index contributed by atoms with van der Waals surface area (Å²) in [6, 6.07) is 7.92. The number of nitrogens with zero attached hydrogens (tertiary/aromatic N) is 2. The minimum Gasteiger partial charge on any atom is -0.466 e. The Morgan fingerprint density at radius 2 is 2.15 bits per heavy atom. The summed E-state index contributed by atoms with van der Waals surface area (Å²) in [7, 11) is 0. The lowest BCUT2D eigenvalue weighted by Crippen LogP contribution is -2.43. The maximum atomic E-state index is 12.7. The van der Waals surface area contributed by atoms with Crippen molar-refractivity contribution in [3.8, 4) is 11.5 Å². The van der Waals surface area contributed by atoms with Crippen molar-refractivity contribution in [1.29, 1.82) is 0 Å². The molecule has 0 spiro atoms. The van der Waals surface area contributed by atoms with E-state index in [9.17, 15) is 9.59 Å². The van der Waals surface area contributed by atoms with Gasteiger partial charge in [0.15, 0.2) is 0 Å². The van der Waals surface area contributed by atoms with Crippen LogP contribution < -0.4 is 0 Å². The Morgan fingerprint density at radius 3 is 2.89 bits per heavy atom. The molecule has 0 N–H and O–H groups in total. The van der Waals surface area contributed by atoms with Crippen molar-refractivity contribution in [3.63, 3.8) is 0 Å². The lowest BCUT2D eigenvalue weighted by Gasteiger charge is -2.31. The second-order valence-corrected chi connectivity index (χ2v) is 7.00. The fraction of sp³-hybridized carbons (Fsp3) is 0.476. The molecule has 6 heteroatoms. The van der Waals surface area contributed by atoms with Gasteiger partial charge in [-0.25, -0.2) is 4.98 Å². The van der Waals surface area contributed by atoms with E-state index in [4.69, 9.17) is 9.15 Å². The first-order chi connectivity index (χ1) is 13.0. The smallest absolute Gasteiger partial charge is 0.310 e. The average Bonchev–Trinajstić information content (AvgIpc) is 3.02. The Hall–Kier alpha value is -2.63. The third-order valence-electron chi connectivity index (χ3n) is 4.87. The van der Waals surface area contributed by atoms with Gasteiger partial charge in [0.05, 0.1) is 24.6 Å². The molecule has 1 unspecified atom stereocenters. The molecule has 0 saturated carbocycles. The molecule has 6 nitrogen and oxygen atoms in total. The van der Waals surface area contributed by atoms with Crippen LogP contribution >= 0.6 is 0 Å². The number of benzene rings is 1. The summed E-state index contributed by atoms with van der Waals surface area (Å²) in [5, 5.41) is 0. The minimum atomic E-state index is -0.232. The van der Waals surface area contributed by atoms with Crippen molar-refractivity contribution >= 4 is 11.9 Å². The summed E-state index contributed by atoms with van der Waals surface area (Å²) in [6.07, 6.45) is 1.75. The standard InChI is InChI=1S/C21H26N2O4/c1-4-26-21(25)17-9-6-10-23(13-17)19(24)12-18-15(3)27-20(22-18)16-8-5-7-14(2)11-16/h5,7-8,11,17H,4,6,9-10,12-13H2,1-3H3. The molecular weight excluding hydrogens is 344 g/mol. The van der Waals surface area contributed by atoms with Crippen LogP contribution in [-0.4, -0.2) is 41.5 Å². The molecule has 2 heterocycles. The third kappa shape index (κ3) is 4.56. The molecule has 1 saturated heterocycles. The molecule has 0 radical (unpaired) electrons. The van der Waals surface area contributed by atoms with Crippen molar-refractivity contribution in [2.45, 2.75) is 40.0 Å². The zero-order valence-corrected chi connectivity index (χ0v) is 16.2. The van der Waals surface area contributed by atoms with Gasteiger partial charge >= 0.3 is 5.97 Å². The molecule has 1 amide bonds. The van der Waals surface area contributed by atoms with Crippen molar-refractivity contribution in [1.82, 2.24) is 9.88 Å². The number of amides is 1. The number of likely N-dealkylation sites (tertiary alicyclic amines) is 1. The number of esters is 1. The summed E-state index contributed by atoms with van der Waals surface area (Å²) in [5.74, 6) is 0.704. The zero-order valence-electron chi connectivity index (χ0n) is 16.2. The monoisotopic (exact) mass is 370 g/mol. The van der Waals surface area contributed by atoms with E-state index in [1.807, 2.05) is 38.1 Å². The van der Waals surface area contributed by atoms with Crippen LogP contribution in [0.4, 0.5) is 0 Å². The van der Waals surface area contributed by atoms with Gasteiger partial charge in [-0.1, -0.05) is 17.7 Å². The van der Waals surface area contributed by atoms with Crippen LogP contribution in [0.2, 0.25) is 0 Å². The second-order valence-electron chi connectivity index (χ2n) is 7.00.